The van der Waals surface area contributed by atoms with Crippen LogP contribution in [0.2, 0.25) is 0 Å². The Morgan fingerprint density at radius 3 is 2.42 bits per heavy atom. The van der Waals surface area contributed by atoms with E-state index in [9.17, 15) is 4.79 Å². The number of carbonyl (C=O) groups is 1. The Hall–Kier alpha value is -2.65. The van der Waals surface area contributed by atoms with Crippen molar-refractivity contribution in [3.05, 3.63) is 77.9 Å². The van der Waals surface area contributed by atoms with E-state index in [2.05, 4.69) is 48.6 Å². The summed E-state index contributed by atoms with van der Waals surface area (Å²) >= 11 is 0. The van der Waals surface area contributed by atoms with Gasteiger partial charge in [-0.1, -0.05) is 60.2 Å². The van der Waals surface area contributed by atoms with Gasteiger partial charge in [-0.3, -0.25) is 9.69 Å². The maximum absolute atomic E-state index is 12.3. The molecule has 0 fully saturated rings. The van der Waals surface area contributed by atoms with Crippen LogP contribution in [-0.4, -0.2) is 24.4 Å². The second-order valence-electron chi connectivity index (χ2n) is 6.27. The molecular weight excluding hydrogens is 296 g/mol. The number of nitrogens with one attached hydrogen (secondary N) is 1. The first kappa shape index (κ1) is 16.2. The molecule has 24 heavy (non-hydrogen) atoms. The Morgan fingerprint density at radius 1 is 0.958 bits per heavy atom. The van der Waals surface area contributed by atoms with Crippen LogP contribution >= 0.6 is 0 Å². The second kappa shape index (κ2) is 7.28. The van der Waals surface area contributed by atoms with Crippen LogP contribution in [0.1, 0.15) is 11.1 Å². The molecule has 0 saturated heterocycles. The molecule has 3 aromatic rings. The molecule has 3 rings (SSSR count). The quantitative estimate of drug-likeness (QED) is 0.764. The van der Waals surface area contributed by atoms with E-state index >= 15 is 0 Å². The van der Waals surface area contributed by atoms with Gasteiger partial charge in [-0.25, -0.2) is 0 Å². The van der Waals surface area contributed by atoms with E-state index in [1.54, 1.807) is 0 Å². The average molecular weight is 318 g/mol. The molecule has 122 valence electrons. The van der Waals surface area contributed by atoms with E-state index in [4.69, 9.17) is 0 Å². The molecule has 0 unspecified atom stereocenters. The number of benzene rings is 3. The summed E-state index contributed by atoms with van der Waals surface area (Å²) < 4.78 is 0. The van der Waals surface area contributed by atoms with Gasteiger partial charge in [0.1, 0.15) is 0 Å². The summed E-state index contributed by atoms with van der Waals surface area (Å²) in [5.41, 5.74) is 3.29. The molecule has 0 saturated carbocycles. The normalized spacial score (nSPS) is 11.0. The van der Waals surface area contributed by atoms with Gasteiger partial charge in [0.05, 0.1) is 6.54 Å². The lowest BCUT2D eigenvalue weighted by Gasteiger charge is -2.16. The van der Waals surface area contributed by atoms with Crippen molar-refractivity contribution in [1.29, 1.82) is 0 Å². The van der Waals surface area contributed by atoms with Crippen LogP contribution in [0, 0.1) is 6.92 Å². The highest BCUT2D eigenvalue weighted by molar-refractivity contribution is 5.95. The monoisotopic (exact) mass is 318 g/mol. The first-order chi connectivity index (χ1) is 11.6. The lowest BCUT2D eigenvalue weighted by atomic mass is 10.1. The van der Waals surface area contributed by atoms with Crippen molar-refractivity contribution < 1.29 is 4.79 Å². The third kappa shape index (κ3) is 4.21. The molecule has 0 aliphatic heterocycles. The summed E-state index contributed by atoms with van der Waals surface area (Å²) in [6.07, 6.45) is 0. The lowest BCUT2D eigenvalue weighted by molar-refractivity contribution is -0.117. The van der Waals surface area contributed by atoms with Crippen molar-refractivity contribution >= 4 is 22.4 Å². The van der Waals surface area contributed by atoms with Crippen LogP contribution in [0.5, 0.6) is 0 Å². The number of anilines is 1. The molecule has 0 aliphatic rings. The van der Waals surface area contributed by atoms with Gasteiger partial charge in [0.2, 0.25) is 5.91 Å². The Morgan fingerprint density at radius 2 is 1.67 bits per heavy atom. The maximum atomic E-state index is 12.3. The minimum atomic E-state index is -0.0000993. The van der Waals surface area contributed by atoms with Gasteiger partial charge in [-0.05, 0) is 42.4 Å². The minimum absolute atomic E-state index is 0.0000993. The standard InChI is InChI=1S/C21H22N2O/c1-16-7-9-17(10-8-16)14-23(2)15-21(24)22-20-12-11-18-5-3-4-6-19(18)13-20/h3-13H,14-15H2,1-2H3,(H,22,24). The van der Waals surface area contributed by atoms with Crippen LogP contribution < -0.4 is 5.32 Å². The van der Waals surface area contributed by atoms with Gasteiger partial charge in [0, 0.05) is 12.2 Å². The molecule has 1 N–H and O–H groups in total. The van der Waals surface area contributed by atoms with Crippen molar-refractivity contribution in [3.63, 3.8) is 0 Å². The number of amides is 1. The van der Waals surface area contributed by atoms with Gasteiger partial charge in [0.15, 0.2) is 0 Å². The number of rotatable bonds is 5. The molecule has 3 heteroatoms. The zero-order chi connectivity index (χ0) is 16.9. The van der Waals surface area contributed by atoms with Gasteiger partial charge in [-0.15, -0.1) is 0 Å². The van der Waals surface area contributed by atoms with Crippen molar-refractivity contribution in [2.75, 3.05) is 18.9 Å². The molecule has 0 spiro atoms. The SMILES string of the molecule is Cc1ccc(CN(C)CC(=O)Nc2ccc3ccccc3c2)cc1. The zero-order valence-electron chi connectivity index (χ0n) is 14.1. The number of hydrogen-bond donors (Lipinski definition) is 1. The summed E-state index contributed by atoms with van der Waals surface area (Å²) in [6.45, 7) is 3.19. The fourth-order valence-electron chi connectivity index (χ4n) is 2.77. The number of nitrogens with zero attached hydrogens (tertiary/aromatic N) is 1. The Labute approximate surface area is 142 Å². The molecule has 0 atom stereocenters. The zero-order valence-corrected chi connectivity index (χ0v) is 14.1. The van der Waals surface area contributed by atoms with Crippen LogP contribution in [-0.2, 0) is 11.3 Å². The molecular formula is C21H22N2O. The molecule has 0 heterocycles. The highest BCUT2D eigenvalue weighted by Gasteiger charge is 2.08. The van der Waals surface area contributed by atoms with Gasteiger partial charge in [0.25, 0.3) is 0 Å². The summed E-state index contributed by atoms with van der Waals surface area (Å²) in [5.74, 6) is -0.0000993. The number of fused-ring (bicyclic) bond motifs is 1. The van der Waals surface area contributed by atoms with E-state index in [1.165, 1.54) is 16.5 Å². The van der Waals surface area contributed by atoms with E-state index in [0.29, 0.717) is 6.54 Å². The fourth-order valence-corrected chi connectivity index (χ4v) is 2.77. The van der Waals surface area contributed by atoms with Gasteiger partial charge >= 0.3 is 0 Å². The van der Waals surface area contributed by atoms with Crippen LogP contribution in [0.3, 0.4) is 0 Å². The fraction of sp³-hybridized carbons (Fsp3) is 0.190. The summed E-state index contributed by atoms with van der Waals surface area (Å²) in [6, 6.07) is 22.5. The van der Waals surface area contributed by atoms with E-state index in [0.717, 1.165) is 17.6 Å². The first-order valence-electron chi connectivity index (χ1n) is 8.13. The van der Waals surface area contributed by atoms with Crippen LogP contribution in [0.25, 0.3) is 10.8 Å². The molecule has 3 nitrogen and oxygen atoms in total. The first-order valence-corrected chi connectivity index (χ1v) is 8.13. The highest BCUT2D eigenvalue weighted by atomic mass is 16.2. The van der Waals surface area contributed by atoms with Crippen LogP contribution in [0.4, 0.5) is 5.69 Å². The summed E-state index contributed by atoms with van der Waals surface area (Å²) in [7, 11) is 1.96. The van der Waals surface area contributed by atoms with Crippen molar-refractivity contribution in [2.45, 2.75) is 13.5 Å². The Balaban J connectivity index is 1.58. The number of carbonyl (C=O) groups excluding carboxylic acids is 1. The lowest BCUT2D eigenvalue weighted by Crippen LogP contribution is -2.29. The van der Waals surface area contributed by atoms with Crippen LogP contribution in [0.15, 0.2) is 66.7 Å². The molecule has 0 bridgehead atoms. The third-order valence-electron chi connectivity index (χ3n) is 4.02. The van der Waals surface area contributed by atoms with E-state index < -0.39 is 0 Å². The summed E-state index contributed by atoms with van der Waals surface area (Å²) in [5, 5.41) is 5.28. The van der Waals surface area contributed by atoms with E-state index in [1.807, 2.05) is 42.3 Å². The van der Waals surface area contributed by atoms with Gasteiger partial charge < -0.3 is 5.32 Å². The number of aryl methyl sites for hydroxylation is 1. The van der Waals surface area contributed by atoms with Crippen molar-refractivity contribution in [3.8, 4) is 0 Å². The summed E-state index contributed by atoms with van der Waals surface area (Å²) in [4.78, 5) is 14.3. The smallest absolute Gasteiger partial charge is 0.238 e. The maximum Gasteiger partial charge on any atom is 0.238 e. The van der Waals surface area contributed by atoms with Crippen molar-refractivity contribution in [1.82, 2.24) is 4.90 Å². The second-order valence-corrected chi connectivity index (χ2v) is 6.27. The predicted octanol–water partition coefficient (Wildman–Crippen LogP) is 4.22. The minimum Gasteiger partial charge on any atom is -0.325 e. The Bertz CT molecular complexity index is 840. The average Bonchev–Trinajstić information content (AvgIpc) is 2.56. The molecule has 3 aromatic carbocycles. The van der Waals surface area contributed by atoms with Crippen molar-refractivity contribution in [2.24, 2.45) is 0 Å². The molecule has 0 radical (unpaired) electrons. The van der Waals surface area contributed by atoms with Gasteiger partial charge in [-0.2, -0.15) is 0 Å². The highest BCUT2D eigenvalue weighted by Crippen LogP contribution is 2.18. The molecule has 1 amide bonds. The number of hydrogen-bond acceptors (Lipinski definition) is 2. The molecule has 0 aromatic heterocycles. The largest absolute Gasteiger partial charge is 0.325 e. The molecule has 0 aliphatic carbocycles. The van der Waals surface area contributed by atoms with E-state index in [-0.39, 0.29) is 5.91 Å². The topological polar surface area (TPSA) is 32.3 Å². The number of likely N-dealkylation sites (N-methyl/N-ethyl adjacent to an activating group) is 1. The third-order valence-corrected chi connectivity index (χ3v) is 4.02. The Kier molecular flexibility index (Phi) is 4.92. The predicted molar refractivity (Wildman–Crippen MR) is 100 cm³/mol.